The maximum absolute atomic E-state index is 11.2. The third kappa shape index (κ3) is 5.17. The number of carbonyl (C=O) groups excluding carboxylic acids is 1. The van der Waals surface area contributed by atoms with Crippen molar-refractivity contribution in [3.05, 3.63) is 18.7 Å². The Morgan fingerprint density at radius 3 is 3.00 bits per heavy atom. The third-order valence-electron chi connectivity index (χ3n) is 2.08. The van der Waals surface area contributed by atoms with Gasteiger partial charge in [-0.05, 0) is 19.4 Å². The highest BCUT2D eigenvalue weighted by molar-refractivity contribution is 5.75. The summed E-state index contributed by atoms with van der Waals surface area (Å²) in [7, 11) is 0. The predicted octanol–water partition coefficient (Wildman–Crippen LogP) is 0.128. The quantitative estimate of drug-likeness (QED) is 0.628. The van der Waals surface area contributed by atoms with Crippen molar-refractivity contribution in [2.24, 2.45) is 5.73 Å². The molecular formula is C10H18N4O. The minimum absolute atomic E-state index is 0.0890. The molecule has 1 aromatic heterocycles. The molecule has 0 radical (unpaired) electrons. The Morgan fingerprint density at radius 2 is 2.33 bits per heavy atom. The lowest BCUT2D eigenvalue weighted by molar-refractivity contribution is -0.121. The average Bonchev–Trinajstić information content (AvgIpc) is 2.74. The second-order valence-corrected chi connectivity index (χ2v) is 3.40. The number of hydrogen-bond acceptors (Lipinski definition) is 3. The van der Waals surface area contributed by atoms with E-state index in [0.29, 0.717) is 19.5 Å². The molecule has 5 heteroatoms. The molecule has 1 heterocycles. The molecule has 0 spiro atoms. The van der Waals surface area contributed by atoms with Gasteiger partial charge in [-0.25, -0.2) is 4.98 Å². The molecule has 0 aliphatic heterocycles. The summed E-state index contributed by atoms with van der Waals surface area (Å²) in [5, 5.41) is 2.85. The lowest BCUT2D eigenvalue weighted by Crippen LogP contribution is -2.25. The van der Waals surface area contributed by atoms with Crippen LogP contribution in [0.25, 0.3) is 0 Å². The van der Waals surface area contributed by atoms with Crippen LogP contribution in [0.15, 0.2) is 18.7 Å². The Bertz CT molecular complexity index is 271. The van der Waals surface area contributed by atoms with E-state index in [4.69, 9.17) is 5.73 Å². The zero-order valence-corrected chi connectivity index (χ0v) is 8.85. The Labute approximate surface area is 89.7 Å². The standard InChI is InChI=1S/C10H18N4O/c11-4-1-3-10(15)13-5-2-7-14-8-6-12-9-14/h6,8-9H,1-5,7,11H2,(H,13,15). The Morgan fingerprint density at radius 1 is 1.47 bits per heavy atom. The van der Waals surface area contributed by atoms with Gasteiger partial charge in [0.2, 0.25) is 5.91 Å². The maximum Gasteiger partial charge on any atom is 0.220 e. The van der Waals surface area contributed by atoms with Gasteiger partial charge in [-0.3, -0.25) is 4.79 Å². The van der Waals surface area contributed by atoms with Crippen LogP contribution in [0.4, 0.5) is 0 Å². The fraction of sp³-hybridized carbons (Fsp3) is 0.600. The number of imidazole rings is 1. The smallest absolute Gasteiger partial charge is 0.220 e. The van der Waals surface area contributed by atoms with Crippen LogP contribution in [0.5, 0.6) is 0 Å². The van der Waals surface area contributed by atoms with E-state index in [1.807, 2.05) is 10.8 Å². The molecule has 0 saturated carbocycles. The van der Waals surface area contributed by atoms with Crippen LogP contribution in [0.1, 0.15) is 19.3 Å². The first-order chi connectivity index (χ1) is 7.33. The molecule has 0 saturated heterocycles. The molecule has 84 valence electrons. The van der Waals surface area contributed by atoms with Gasteiger partial charge in [-0.15, -0.1) is 0 Å². The van der Waals surface area contributed by atoms with Crippen LogP contribution >= 0.6 is 0 Å². The van der Waals surface area contributed by atoms with Gasteiger partial charge < -0.3 is 15.6 Å². The molecule has 0 unspecified atom stereocenters. The number of carbonyl (C=O) groups is 1. The molecule has 0 fully saturated rings. The molecule has 3 N–H and O–H groups in total. The number of nitrogens with one attached hydrogen (secondary N) is 1. The maximum atomic E-state index is 11.2. The lowest BCUT2D eigenvalue weighted by Gasteiger charge is -2.04. The molecule has 0 aliphatic rings. The number of hydrogen-bond donors (Lipinski definition) is 2. The fourth-order valence-corrected chi connectivity index (χ4v) is 1.26. The van der Waals surface area contributed by atoms with Crippen molar-refractivity contribution in [2.45, 2.75) is 25.8 Å². The van der Waals surface area contributed by atoms with E-state index in [1.54, 1.807) is 12.5 Å². The summed E-state index contributed by atoms with van der Waals surface area (Å²) in [6, 6.07) is 0. The molecule has 1 rings (SSSR count). The van der Waals surface area contributed by atoms with Gasteiger partial charge in [0.25, 0.3) is 0 Å². The van der Waals surface area contributed by atoms with Gasteiger partial charge in [0.05, 0.1) is 6.33 Å². The number of aromatic nitrogens is 2. The van der Waals surface area contributed by atoms with Crippen molar-refractivity contribution < 1.29 is 4.79 Å². The van der Waals surface area contributed by atoms with Gasteiger partial charge in [0.15, 0.2) is 0 Å². The van der Waals surface area contributed by atoms with Crippen molar-refractivity contribution >= 4 is 5.91 Å². The monoisotopic (exact) mass is 210 g/mol. The molecule has 1 aromatic rings. The first-order valence-corrected chi connectivity index (χ1v) is 5.25. The van der Waals surface area contributed by atoms with Crippen molar-refractivity contribution in [2.75, 3.05) is 13.1 Å². The van der Waals surface area contributed by atoms with E-state index in [9.17, 15) is 4.79 Å². The second-order valence-electron chi connectivity index (χ2n) is 3.40. The van der Waals surface area contributed by atoms with Crippen molar-refractivity contribution in [3.8, 4) is 0 Å². The molecule has 15 heavy (non-hydrogen) atoms. The average molecular weight is 210 g/mol. The van der Waals surface area contributed by atoms with E-state index in [1.165, 1.54) is 0 Å². The normalized spacial score (nSPS) is 10.2. The molecule has 0 aliphatic carbocycles. The van der Waals surface area contributed by atoms with E-state index in [0.717, 1.165) is 19.4 Å². The third-order valence-corrected chi connectivity index (χ3v) is 2.08. The highest BCUT2D eigenvalue weighted by Crippen LogP contribution is 1.90. The molecule has 0 bridgehead atoms. The highest BCUT2D eigenvalue weighted by atomic mass is 16.1. The number of aryl methyl sites for hydroxylation is 1. The van der Waals surface area contributed by atoms with Crippen molar-refractivity contribution in [1.82, 2.24) is 14.9 Å². The van der Waals surface area contributed by atoms with E-state index in [-0.39, 0.29) is 5.91 Å². The van der Waals surface area contributed by atoms with Gasteiger partial charge in [0.1, 0.15) is 0 Å². The summed E-state index contributed by atoms with van der Waals surface area (Å²) in [5.74, 6) is 0.0890. The first-order valence-electron chi connectivity index (χ1n) is 5.25. The summed E-state index contributed by atoms with van der Waals surface area (Å²) in [4.78, 5) is 15.1. The van der Waals surface area contributed by atoms with E-state index < -0.39 is 0 Å². The van der Waals surface area contributed by atoms with Gasteiger partial charge >= 0.3 is 0 Å². The SMILES string of the molecule is NCCCC(=O)NCCCn1ccnc1. The number of nitrogens with zero attached hydrogens (tertiary/aromatic N) is 2. The Kier molecular flexibility index (Phi) is 5.47. The van der Waals surface area contributed by atoms with Crippen LogP contribution in [0.2, 0.25) is 0 Å². The molecule has 1 amide bonds. The minimum Gasteiger partial charge on any atom is -0.356 e. The van der Waals surface area contributed by atoms with Gasteiger partial charge in [-0.1, -0.05) is 0 Å². The molecule has 0 atom stereocenters. The largest absolute Gasteiger partial charge is 0.356 e. The van der Waals surface area contributed by atoms with Crippen molar-refractivity contribution in [3.63, 3.8) is 0 Å². The summed E-state index contributed by atoms with van der Waals surface area (Å²) in [5.41, 5.74) is 5.31. The summed E-state index contributed by atoms with van der Waals surface area (Å²) in [6.45, 7) is 2.17. The minimum atomic E-state index is 0.0890. The molecule has 0 aromatic carbocycles. The number of amides is 1. The number of rotatable bonds is 7. The topological polar surface area (TPSA) is 72.9 Å². The summed E-state index contributed by atoms with van der Waals surface area (Å²) >= 11 is 0. The highest BCUT2D eigenvalue weighted by Gasteiger charge is 1.98. The fourth-order valence-electron chi connectivity index (χ4n) is 1.26. The van der Waals surface area contributed by atoms with Crippen LogP contribution in [0.3, 0.4) is 0 Å². The second kappa shape index (κ2) is 7.00. The predicted molar refractivity (Wildman–Crippen MR) is 58.1 cm³/mol. The van der Waals surface area contributed by atoms with Crippen molar-refractivity contribution in [1.29, 1.82) is 0 Å². The lowest BCUT2D eigenvalue weighted by atomic mass is 10.3. The molecule has 5 nitrogen and oxygen atoms in total. The summed E-state index contributed by atoms with van der Waals surface area (Å²) in [6.07, 6.45) is 7.64. The van der Waals surface area contributed by atoms with E-state index in [2.05, 4.69) is 10.3 Å². The van der Waals surface area contributed by atoms with Gasteiger partial charge in [0, 0.05) is 31.9 Å². The summed E-state index contributed by atoms with van der Waals surface area (Å²) < 4.78 is 1.99. The van der Waals surface area contributed by atoms with Crippen LogP contribution in [0, 0.1) is 0 Å². The first kappa shape index (κ1) is 11.7. The zero-order valence-electron chi connectivity index (χ0n) is 8.85. The Hall–Kier alpha value is -1.36. The zero-order chi connectivity index (χ0) is 10.9. The van der Waals surface area contributed by atoms with Crippen LogP contribution < -0.4 is 11.1 Å². The van der Waals surface area contributed by atoms with E-state index >= 15 is 0 Å². The van der Waals surface area contributed by atoms with Gasteiger partial charge in [-0.2, -0.15) is 0 Å². The molecular weight excluding hydrogens is 192 g/mol. The van der Waals surface area contributed by atoms with Crippen LogP contribution in [-0.4, -0.2) is 28.5 Å². The van der Waals surface area contributed by atoms with Crippen LogP contribution in [-0.2, 0) is 11.3 Å². The number of nitrogens with two attached hydrogens (primary N) is 1. The Balaban J connectivity index is 1.99.